The van der Waals surface area contributed by atoms with Gasteiger partial charge < -0.3 is 19.5 Å². The number of thiocarbonyl (C=S) groups is 1. The van der Waals surface area contributed by atoms with Gasteiger partial charge in [-0.3, -0.25) is 4.98 Å². The maximum atomic E-state index is 5.70. The molecule has 1 aliphatic carbocycles. The molecular weight excluding hydrogens is 356 g/mol. The van der Waals surface area contributed by atoms with Crippen LogP contribution < -0.4 is 5.32 Å². The van der Waals surface area contributed by atoms with E-state index < -0.39 is 0 Å². The zero-order valence-corrected chi connectivity index (χ0v) is 16.7. The molecule has 2 aromatic rings. The molecule has 2 fully saturated rings. The van der Waals surface area contributed by atoms with E-state index in [1.54, 1.807) is 7.11 Å². The van der Waals surface area contributed by atoms with E-state index in [1.807, 2.05) is 18.3 Å². The number of rotatable bonds is 6. The molecule has 1 saturated carbocycles. The number of ether oxygens (including phenoxy) is 1. The van der Waals surface area contributed by atoms with Gasteiger partial charge in [-0.25, -0.2) is 0 Å². The molecule has 0 amide bonds. The normalized spacial score (nSPS) is 23.6. The van der Waals surface area contributed by atoms with E-state index in [4.69, 9.17) is 17.0 Å². The van der Waals surface area contributed by atoms with E-state index in [1.165, 1.54) is 37.8 Å². The van der Waals surface area contributed by atoms with Gasteiger partial charge in [-0.15, -0.1) is 0 Å². The van der Waals surface area contributed by atoms with Crippen molar-refractivity contribution in [1.29, 1.82) is 0 Å². The summed E-state index contributed by atoms with van der Waals surface area (Å²) >= 11 is 5.70. The molecule has 5 nitrogen and oxygen atoms in total. The van der Waals surface area contributed by atoms with Crippen molar-refractivity contribution in [2.24, 2.45) is 0 Å². The fourth-order valence-corrected chi connectivity index (χ4v) is 4.84. The zero-order chi connectivity index (χ0) is 18.6. The highest BCUT2D eigenvalue weighted by molar-refractivity contribution is 7.80. The molecule has 2 atom stereocenters. The largest absolute Gasteiger partial charge is 0.383 e. The standard InChI is InChI=1S/C21H28N4OS/c1-26-15-14-25-20(19(23-21(25)27)17-10-5-6-12-22-17)18-11-7-13-24(18)16-8-3-2-4-9-16/h5-7,10-13,16,19-20H,2-4,8-9,14-15H2,1H3,(H,23,27)/t19-,20+/m1/s1. The summed E-state index contributed by atoms with van der Waals surface area (Å²) in [5.41, 5.74) is 2.35. The first kappa shape index (κ1) is 18.4. The van der Waals surface area contributed by atoms with Crippen molar-refractivity contribution in [2.75, 3.05) is 20.3 Å². The highest BCUT2D eigenvalue weighted by Crippen LogP contribution is 2.41. The first-order valence-electron chi connectivity index (χ1n) is 9.93. The maximum absolute atomic E-state index is 5.70. The summed E-state index contributed by atoms with van der Waals surface area (Å²) in [6.45, 7) is 1.42. The van der Waals surface area contributed by atoms with Crippen molar-refractivity contribution in [1.82, 2.24) is 19.8 Å². The summed E-state index contributed by atoms with van der Waals surface area (Å²) in [5.74, 6) is 0. The molecule has 144 valence electrons. The van der Waals surface area contributed by atoms with Gasteiger partial charge in [0.25, 0.3) is 0 Å². The second-order valence-electron chi connectivity index (χ2n) is 7.44. The van der Waals surface area contributed by atoms with Crippen LogP contribution in [-0.4, -0.2) is 39.8 Å². The fourth-order valence-electron chi connectivity index (χ4n) is 4.51. The molecule has 4 rings (SSSR count). The quantitative estimate of drug-likeness (QED) is 0.763. The summed E-state index contributed by atoms with van der Waals surface area (Å²) in [6.07, 6.45) is 10.6. The van der Waals surface area contributed by atoms with Crippen LogP contribution in [0.1, 0.15) is 61.6 Å². The monoisotopic (exact) mass is 384 g/mol. The molecule has 3 heterocycles. The molecular formula is C21H28N4OS. The fraction of sp³-hybridized carbons (Fsp3) is 0.524. The first-order chi connectivity index (χ1) is 13.3. The molecule has 0 radical (unpaired) electrons. The predicted octanol–water partition coefficient (Wildman–Crippen LogP) is 4.01. The summed E-state index contributed by atoms with van der Waals surface area (Å²) in [4.78, 5) is 6.89. The Hall–Kier alpha value is -1.92. The summed E-state index contributed by atoms with van der Waals surface area (Å²) in [5, 5.41) is 4.31. The van der Waals surface area contributed by atoms with Crippen molar-refractivity contribution in [2.45, 2.75) is 50.2 Å². The van der Waals surface area contributed by atoms with Crippen LogP contribution in [0.4, 0.5) is 0 Å². The van der Waals surface area contributed by atoms with E-state index >= 15 is 0 Å². The lowest BCUT2D eigenvalue weighted by Crippen LogP contribution is -2.33. The van der Waals surface area contributed by atoms with Crippen molar-refractivity contribution < 1.29 is 4.74 Å². The lowest BCUT2D eigenvalue weighted by Gasteiger charge is -2.32. The molecule has 0 aromatic carbocycles. The van der Waals surface area contributed by atoms with Crippen LogP contribution in [-0.2, 0) is 4.74 Å². The molecule has 1 aliphatic heterocycles. The second kappa shape index (κ2) is 8.40. The number of hydrogen-bond acceptors (Lipinski definition) is 3. The number of aromatic nitrogens is 2. The Morgan fingerprint density at radius 1 is 1.19 bits per heavy atom. The number of nitrogens with one attached hydrogen (secondary N) is 1. The summed E-state index contributed by atoms with van der Waals surface area (Å²) in [6, 6.07) is 11.3. The van der Waals surface area contributed by atoms with Crippen LogP contribution in [0.25, 0.3) is 0 Å². The van der Waals surface area contributed by atoms with Gasteiger partial charge in [0.05, 0.1) is 24.4 Å². The van der Waals surface area contributed by atoms with Crippen LogP contribution >= 0.6 is 12.2 Å². The van der Waals surface area contributed by atoms with Gasteiger partial charge in [0.2, 0.25) is 0 Å². The van der Waals surface area contributed by atoms with Gasteiger partial charge in [0.1, 0.15) is 0 Å². The van der Waals surface area contributed by atoms with Gasteiger partial charge in [-0.05, 0) is 49.3 Å². The minimum atomic E-state index is 0.0489. The highest BCUT2D eigenvalue weighted by Gasteiger charge is 2.41. The molecule has 1 N–H and O–H groups in total. The SMILES string of the molecule is COCCN1C(=S)N[C@H](c2ccccn2)[C@@H]1c1cccn1C1CCCCC1. The number of methoxy groups -OCH3 is 1. The molecule has 2 aliphatic rings. The second-order valence-corrected chi connectivity index (χ2v) is 7.83. The Morgan fingerprint density at radius 2 is 2.04 bits per heavy atom. The van der Waals surface area contributed by atoms with Crippen molar-refractivity contribution in [3.8, 4) is 0 Å². The minimum absolute atomic E-state index is 0.0489. The lowest BCUT2D eigenvalue weighted by molar-refractivity contribution is 0.161. The van der Waals surface area contributed by atoms with Crippen LogP contribution in [0.2, 0.25) is 0 Å². The first-order valence-corrected chi connectivity index (χ1v) is 10.3. The molecule has 1 saturated heterocycles. The van der Waals surface area contributed by atoms with Crippen LogP contribution in [0.15, 0.2) is 42.7 Å². The Morgan fingerprint density at radius 3 is 2.78 bits per heavy atom. The molecule has 0 spiro atoms. The Bertz CT molecular complexity index is 757. The predicted molar refractivity (Wildman–Crippen MR) is 111 cm³/mol. The third-order valence-corrected chi connectivity index (χ3v) is 6.17. The molecule has 2 aromatic heterocycles. The molecule has 0 bridgehead atoms. The Labute approximate surface area is 166 Å². The molecule has 6 heteroatoms. The highest BCUT2D eigenvalue weighted by atomic mass is 32.1. The summed E-state index contributed by atoms with van der Waals surface area (Å²) in [7, 11) is 1.74. The van der Waals surface area contributed by atoms with Crippen molar-refractivity contribution in [3.63, 3.8) is 0 Å². The maximum Gasteiger partial charge on any atom is 0.170 e. The van der Waals surface area contributed by atoms with Gasteiger partial charge in [0, 0.05) is 37.8 Å². The van der Waals surface area contributed by atoms with Crippen LogP contribution in [0.3, 0.4) is 0 Å². The van der Waals surface area contributed by atoms with Crippen molar-refractivity contribution in [3.05, 3.63) is 54.1 Å². The zero-order valence-electron chi connectivity index (χ0n) is 15.9. The third-order valence-electron chi connectivity index (χ3n) is 5.82. The van der Waals surface area contributed by atoms with E-state index in [-0.39, 0.29) is 12.1 Å². The molecule has 27 heavy (non-hydrogen) atoms. The molecule has 0 unspecified atom stereocenters. The topological polar surface area (TPSA) is 42.3 Å². The van der Waals surface area contributed by atoms with Crippen LogP contribution in [0.5, 0.6) is 0 Å². The van der Waals surface area contributed by atoms with E-state index in [0.717, 1.165) is 17.4 Å². The van der Waals surface area contributed by atoms with Gasteiger partial charge in [-0.2, -0.15) is 0 Å². The average molecular weight is 385 g/mol. The van der Waals surface area contributed by atoms with Gasteiger partial charge >= 0.3 is 0 Å². The lowest BCUT2D eigenvalue weighted by atomic mass is 9.94. The number of hydrogen-bond donors (Lipinski definition) is 1. The van der Waals surface area contributed by atoms with E-state index in [0.29, 0.717) is 12.6 Å². The number of nitrogens with zero attached hydrogens (tertiary/aromatic N) is 3. The Kier molecular flexibility index (Phi) is 5.74. The minimum Gasteiger partial charge on any atom is -0.383 e. The average Bonchev–Trinajstić information content (AvgIpc) is 3.32. The number of pyridine rings is 1. The smallest absolute Gasteiger partial charge is 0.170 e. The third kappa shape index (κ3) is 3.73. The van der Waals surface area contributed by atoms with E-state index in [2.05, 4.69) is 44.2 Å². The van der Waals surface area contributed by atoms with Gasteiger partial charge in [-0.1, -0.05) is 25.3 Å². The summed E-state index contributed by atoms with van der Waals surface area (Å²) < 4.78 is 7.85. The van der Waals surface area contributed by atoms with Crippen LogP contribution in [0, 0.1) is 0 Å². The van der Waals surface area contributed by atoms with Gasteiger partial charge in [0.15, 0.2) is 5.11 Å². The van der Waals surface area contributed by atoms with Crippen molar-refractivity contribution >= 4 is 17.3 Å². The van der Waals surface area contributed by atoms with E-state index in [9.17, 15) is 0 Å². The Balaban J connectivity index is 1.71.